The van der Waals surface area contributed by atoms with Crippen LogP contribution in [0.15, 0.2) is 249 Å². The number of rotatable bonds is 6. The van der Waals surface area contributed by atoms with Crippen LogP contribution in [0.25, 0.3) is 83.6 Å². The van der Waals surface area contributed by atoms with Gasteiger partial charge in [-0.05, 0) is 96.6 Å². The van der Waals surface area contributed by atoms with E-state index < -0.39 is 8.07 Å². The molecule has 2 aromatic heterocycles. The molecule has 0 saturated carbocycles. The van der Waals surface area contributed by atoms with Crippen LogP contribution in [0.3, 0.4) is 0 Å². The van der Waals surface area contributed by atoms with Crippen LogP contribution in [0.4, 0.5) is 17.3 Å². The van der Waals surface area contributed by atoms with E-state index in [1.54, 1.807) is 0 Å². The summed E-state index contributed by atoms with van der Waals surface area (Å²) in [5, 5.41) is 7.89. The maximum Gasteiger partial charge on any atom is 0.238 e. The molecule has 1 spiro atoms. The summed E-state index contributed by atoms with van der Waals surface area (Å²) >= 11 is 0. The summed E-state index contributed by atoms with van der Waals surface area (Å²) in [6.07, 6.45) is 0. The molecule has 0 aliphatic carbocycles. The first kappa shape index (κ1) is 39.2. The summed E-state index contributed by atoms with van der Waals surface area (Å²) in [6.45, 7) is 0. The van der Waals surface area contributed by atoms with Crippen molar-refractivity contribution in [2.24, 2.45) is 0 Å². The largest absolute Gasteiger partial charge is 0.309 e. The van der Waals surface area contributed by atoms with E-state index in [-0.39, 0.29) is 0 Å². The van der Waals surface area contributed by atoms with Crippen LogP contribution in [0.2, 0.25) is 0 Å². The average Bonchev–Trinajstić information content (AvgIpc) is 3.92. The van der Waals surface area contributed by atoms with Gasteiger partial charge in [-0.15, -0.1) is 0 Å². The lowest BCUT2D eigenvalue weighted by molar-refractivity contribution is 1.02. The predicted molar refractivity (Wildman–Crippen MR) is 287 cm³/mol. The fraction of sp³-hybridized carbons (Fsp3) is 0. The molecule has 10 aromatic carbocycles. The molecule has 4 heterocycles. The Balaban J connectivity index is 0.964. The normalized spacial score (nSPS) is 13.0. The number of benzene rings is 10. The molecule has 322 valence electrons. The van der Waals surface area contributed by atoms with Crippen LogP contribution in [0.5, 0.6) is 0 Å². The molecule has 12 aromatic rings. The van der Waals surface area contributed by atoms with Crippen LogP contribution in [0.1, 0.15) is 0 Å². The predicted octanol–water partition coefficient (Wildman–Crippen LogP) is 12.8. The Hall–Kier alpha value is -8.97. The third kappa shape index (κ3) is 5.99. The monoisotopic (exact) mass is 895 g/mol. The molecule has 0 fully saturated rings. The van der Waals surface area contributed by atoms with Crippen molar-refractivity contribution in [1.29, 1.82) is 0 Å². The van der Waals surface area contributed by atoms with Gasteiger partial charge >= 0.3 is 0 Å². The first-order valence-electron chi connectivity index (χ1n) is 23.5. The van der Waals surface area contributed by atoms with E-state index in [0.29, 0.717) is 17.6 Å². The minimum Gasteiger partial charge on any atom is -0.309 e. The molecule has 0 radical (unpaired) electrons. The number of aromatic nitrogens is 4. The summed E-state index contributed by atoms with van der Waals surface area (Å²) < 4.78 is 2.42. The van der Waals surface area contributed by atoms with E-state index in [4.69, 9.17) is 15.0 Å². The van der Waals surface area contributed by atoms with Crippen LogP contribution in [-0.2, 0) is 0 Å². The molecule has 0 bridgehead atoms. The molecule has 0 unspecified atom stereocenters. The van der Waals surface area contributed by atoms with Gasteiger partial charge in [0.05, 0.1) is 11.0 Å². The second kappa shape index (κ2) is 15.6. The van der Waals surface area contributed by atoms with Crippen molar-refractivity contribution < 1.29 is 0 Å². The van der Waals surface area contributed by atoms with Gasteiger partial charge < -0.3 is 4.57 Å². The van der Waals surface area contributed by atoms with Gasteiger partial charge in [-0.25, -0.2) is 4.98 Å². The second-order valence-electron chi connectivity index (χ2n) is 17.9. The van der Waals surface area contributed by atoms with Crippen molar-refractivity contribution in [3.8, 4) is 61.8 Å². The molecule has 0 N–H and O–H groups in total. The zero-order valence-corrected chi connectivity index (χ0v) is 38.4. The lowest BCUT2D eigenvalue weighted by Crippen LogP contribution is -2.75. The zero-order valence-electron chi connectivity index (χ0n) is 37.4. The van der Waals surface area contributed by atoms with Crippen molar-refractivity contribution >= 4 is 67.9 Å². The van der Waals surface area contributed by atoms with Gasteiger partial charge in [0.15, 0.2) is 19.7 Å². The highest BCUT2D eigenvalue weighted by molar-refractivity contribution is 7.23. The molecule has 5 nitrogen and oxygen atoms in total. The summed E-state index contributed by atoms with van der Waals surface area (Å²) in [6, 6.07) is 90.2. The lowest BCUT2D eigenvalue weighted by atomic mass is 9.99. The van der Waals surface area contributed by atoms with Gasteiger partial charge in [-0.1, -0.05) is 206 Å². The number of hydrogen-bond donors (Lipinski definition) is 0. The molecular formula is C63H41N5Si. The molecular weight excluding hydrogens is 855 g/mol. The SMILES string of the molecule is c1ccc(-c2cccc(-n3c4ccccc4c4cc(-c5ccc6c(c5)[Si]5(c7ccccc7-6)c6ccccc6N(c6nc(-c7ccccc7)nc(-c7ccccc7)n6)c6ccccc65)ccc43)c2)cc1. The van der Waals surface area contributed by atoms with Crippen LogP contribution >= 0.6 is 0 Å². The first-order valence-corrected chi connectivity index (χ1v) is 25.5. The van der Waals surface area contributed by atoms with Gasteiger partial charge in [-0.2, -0.15) is 9.97 Å². The van der Waals surface area contributed by atoms with Gasteiger partial charge in [-0.3, -0.25) is 4.90 Å². The Labute approximate surface area is 401 Å². The Morgan fingerprint density at radius 1 is 0.304 bits per heavy atom. The van der Waals surface area contributed by atoms with Crippen molar-refractivity contribution in [3.63, 3.8) is 0 Å². The summed E-state index contributed by atoms with van der Waals surface area (Å²) in [5.41, 5.74) is 15.0. The van der Waals surface area contributed by atoms with Gasteiger partial charge in [0.2, 0.25) is 5.95 Å². The molecule has 2 aliphatic rings. The van der Waals surface area contributed by atoms with Crippen molar-refractivity contribution in [2.45, 2.75) is 0 Å². The van der Waals surface area contributed by atoms with Gasteiger partial charge in [0.1, 0.15) is 0 Å². The minimum atomic E-state index is -2.98. The number of fused-ring (bicyclic) bond motifs is 12. The highest BCUT2D eigenvalue weighted by Gasteiger charge is 2.54. The van der Waals surface area contributed by atoms with Crippen molar-refractivity contribution in [2.75, 3.05) is 4.90 Å². The van der Waals surface area contributed by atoms with E-state index in [0.717, 1.165) is 28.2 Å². The Morgan fingerprint density at radius 2 is 0.812 bits per heavy atom. The fourth-order valence-electron chi connectivity index (χ4n) is 11.3. The van der Waals surface area contributed by atoms with E-state index in [2.05, 4.69) is 222 Å². The number of hydrogen-bond acceptors (Lipinski definition) is 4. The Bertz CT molecular complexity index is 3870. The van der Waals surface area contributed by atoms with Gasteiger partial charge in [0.25, 0.3) is 0 Å². The molecule has 14 rings (SSSR count). The van der Waals surface area contributed by atoms with Gasteiger partial charge in [0, 0.05) is 39.0 Å². The first-order chi connectivity index (χ1) is 34.2. The van der Waals surface area contributed by atoms with Crippen LogP contribution < -0.4 is 25.6 Å². The molecule has 6 heteroatoms. The number of anilines is 3. The highest BCUT2D eigenvalue weighted by atomic mass is 28.3. The molecule has 0 atom stereocenters. The minimum absolute atomic E-state index is 0.589. The summed E-state index contributed by atoms with van der Waals surface area (Å²) in [4.78, 5) is 18.0. The van der Waals surface area contributed by atoms with E-state index in [1.807, 2.05) is 36.4 Å². The average molecular weight is 896 g/mol. The van der Waals surface area contributed by atoms with E-state index in [1.165, 1.54) is 75.9 Å². The maximum atomic E-state index is 5.31. The standard InChI is InChI=1S/C63H41N5Si/c1-4-19-42(20-5-1)45-25-18-26-48(39-45)67-53-29-12-10-27-49(53)52-40-46(36-38-54(52)67)47-35-37-51-50-28-11-15-32-57(50)69(60(51)41-47)58-33-16-13-30-55(58)68(56-31-14-17-34-59(56)69)63-65-61(43-21-6-2-7-22-43)64-62(66-63)44-23-8-3-9-24-44/h1-41H. The summed E-state index contributed by atoms with van der Waals surface area (Å²) in [5.74, 6) is 1.86. The number of nitrogens with zero attached hydrogens (tertiary/aromatic N) is 5. The Morgan fingerprint density at radius 3 is 1.51 bits per heavy atom. The topological polar surface area (TPSA) is 46.8 Å². The Kier molecular flexibility index (Phi) is 8.84. The van der Waals surface area contributed by atoms with Crippen molar-refractivity contribution in [3.05, 3.63) is 249 Å². The highest BCUT2D eigenvalue weighted by Crippen LogP contribution is 2.42. The van der Waals surface area contributed by atoms with E-state index in [9.17, 15) is 0 Å². The van der Waals surface area contributed by atoms with Crippen LogP contribution in [-0.4, -0.2) is 27.6 Å². The van der Waals surface area contributed by atoms with E-state index >= 15 is 0 Å². The molecule has 69 heavy (non-hydrogen) atoms. The smallest absolute Gasteiger partial charge is 0.238 e. The quantitative estimate of drug-likeness (QED) is 0.156. The summed E-state index contributed by atoms with van der Waals surface area (Å²) in [7, 11) is -2.98. The molecule has 0 amide bonds. The second-order valence-corrected chi connectivity index (χ2v) is 21.6. The third-order valence-electron chi connectivity index (χ3n) is 14.2. The molecule has 2 aliphatic heterocycles. The maximum absolute atomic E-state index is 5.31. The lowest BCUT2D eigenvalue weighted by Gasteiger charge is -2.42. The van der Waals surface area contributed by atoms with Crippen molar-refractivity contribution in [1.82, 2.24) is 19.5 Å². The fourth-order valence-corrected chi connectivity index (χ4v) is 16.8. The molecule has 0 saturated heterocycles. The zero-order chi connectivity index (χ0) is 45.5. The van der Waals surface area contributed by atoms with Crippen LogP contribution in [0, 0.1) is 0 Å². The third-order valence-corrected chi connectivity index (χ3v) is 19.2. The number of para-hydroxylation sites is 3.